The van der Waals surface area contributed by atoms with E-state index >= 15 is 0 Å². The Morgan fingerprint density at radius 3 is 2.06 bits per heavy atom. The molecule has 4 rings (SSSR count). The minimum absolute atomic E-state index is 0.0290. The van der Waals surface area contributed by atoms with Crippen LogP contribution in [0.1, 0.15) is 31.9 Å². The van der Waals surface area contributed by atoms with Crippen LogP contribution in [0.3, 0.4) is 0 Å². The van der Waals surface area contributed by atoms with Crippen LogP contribution in [0.4, 0.5) is 10.1 Å². The number of amides is 2. The summed E-state index contributed by atoms with van der Waals surface area (Å²) in [6.45, 7) is 4.77. The van der Waals surface area contributed by atoms with Crippen LogP contribution in [0.25, 0.3) is 0 Å². The number of halogens is 2. The van der Waals surface area contributed by atoms with Gasteiger partial charge in [0.15, 0.2) is 11.5 Å². The molecule has 0 heterocycles. The number of sulfonamides is 1. The maximum Gasteiger partial charge on any atom is 0.264 e. The van der Waals surface area contributed by atoms with Crippen LogP contribution in [-0.4, -0.2) is 57.5 Å². The van der Waals surface area contributed by atoms with Crippen LogP contribution in [-0.2, 0) is 32.6 Å². The van der Waals surface area contributed by atoms with Crippen molar-refractivity contribution in [3.8, 4) is 11.5 Å². The largest absolute Gasteiger partial charge is 0.493 e. The molecule has 0 bridgehead atoms. The minimum atomic E-state index is -4.46. The van der Waals surface area contributed by atoms with Gasteiger partial charge in [-0.15, -0.1) is 0 Å². The number of ether oxygens (including phenoxy) is 2. The molecule has 12 heteroatoms. The first kappa shape index (κ1) is 36.2. The third-order valence-electron chi connectivity index (χ3n) is 7.37. The summed E-state index contributed by atoms with van der Waals surface area (Å²) in [5.74, 6) is -1.19. The number of rotatable bonds is 13. The molecule has 0 saturated heterocycles. The summed E-state index contributed by atoms with van der Waals surface area (Å²) >= 11 is 6.14. The molecule has 9 nitrogen and oxygen atoms in total. The number of carbonyl (C=O) groups is 2. The highest BCUT2D eigenvalue weighted by atomic mass is 35.5. The molecule has 4 aromatic rings. The van der Waals surface area contributed by atoms with Gasteiger partial charge >= 0.3 is 0 Å². The van der Waals surface area contributed by atoms with E-state index in [0.29, 0.717) is 16.3 Å². The fraction of sp³-hybridized carbons (Fsp3) is 0.278. The Morgan fingerprint density at radius 1 is 0.854 bits per heavy atom. The third kappa shape index (κ3) is 9.26. The second-order valence-corrected chi connectivity index (χ2v) is 14.4. The van der Waals surface area contributed by atoms with Crippen LogP contribution in [0.2, 0.25) is 5.02 Å². The Balaban J connectivity index is 1.83. The summed E-state index contributed by atoms with van der Waals surface area (Å²) in [7, 11) is -1.66. The average Bonchev–Trinajstić information content (AvgIpc) is 3.05. The highest BCUT2D eigenvalue weighted by Gasteiger charge is 2.36. The van der Waals surface area contributed by atoms with Crippen molar-refractivity contribution in [3.63, 3.8) is 0 Å². The van der Waals surface area contributed by atoms with Gasteiger partial charge in [0.2, 0.25) is 11.8 Å². The molecular formula is C36H39ClFN3O6S. The molecule has 0 radical (unpaired) electrons. The molecule has 1 unspecified atom stereocenters. The molecule has 4 aromatic carbocycles. The number of anilines is 1. The Morgan fingerprint density at radius 2 is 1.48 bits per heavy atom. The van der Waals surface area contributed by atoms with Crippen molar-refractivity contribution in [2.24, 2.45) is 0 Å². The van der Waals surface area contributed by atoms with Gasteiger partial charge < -0.3 is 19.7 Å². The predicted octanol–water partition coefficient (Wildman–Crippen LogP) is 6.25. The van der Waals surface area contributed by atoms with E-state index in [1.807, 2.05) is 51.1 Å². The first-order valence-corrected chi connectivity index (χ1v) is 16.9. The summed E-state index contributed by atoms with van der Waals surface area (Å²) in [4.78, 5) is 29.7. The number of methoxy groups -OCH3 is 2. The molecule has 0 aliphatic carbocycles. The van der Waals surface area contributed by atoms with Crippen molar-refractivity contribution in [2.45, 2.75) is 50.2 Å². The molecule has 2 amide bonds. The van der Waals surface area contributed by atoms with Gasteiger partial charge in [0, 0.05) is 29.6 Å². The predicted molar refractivity (Wildman–Crippen MR) is 184 cm³/mol. The lowest BCUT2D eigenvalue weighted by atomic mass is 10.0. The van der Waals surface area contributed by atoms with Crippen LogP contribution >= 0.6 is 11.6 Å². The normalized spacial score (nSPS) is 12.1. The summed E-state index contributed by atoms with van der Waals surface area (Å²) in [6.07, 6.45) is 0.154. The zero-order valence-electron chi connectivity index (χ0n) is 27.4. The molecule has 0 aliphatic rings. The van der Waals surface area contributed by atoms with E-state index in [1.54, 1.807) is 24.3 Å². The standard InChI is InChI=1S/C36H39ClFN3O6S/c1-36(2,3)39-35(43)31(21-25-9-7-6-8-10-25)40(23-26-11-13-27(37)14-12-26)34(42)24-41(29-17-15-28(38)16-18-29)48(44,45)30-19-20-32(46-4)33(22-30)47-5/h6-20,22,31H,21,23-24H2,1-5H3,(H,39,43). The van der Waals surface area contributed by atoms with Crippen molar-refractivity contribution in [2.75, 3.05) is 25.1 Å². The van der Waals surface area contributed by atoms with Crippen LogP contribution in [0.5, 0.6) is 11.5 Å². The molecule has 1 atom stereocenters. The zero-order chi connectivity index (χ0) is 35.1. The number of nitrogens with one attached hydrogen (secondary N) is 1. The third-order valence-corrected chi connectivity index (χ3v) is 9.39. The van der Waals surface area contributed by atoms with Crippen LogP contribution < -0.4 is 19.1 Å². The summed E-state index contributed by atoms with van der Waals surface area (Å²) in [6, 6.07) is 23.9. The second-order valence-electron chi connectivity index (χ2n) is 12.1. The smallest absolute Gasteiger partial charge is 0.264 e. The van der Waals surface area contributed by atoms with Gasteiger partial charge in [0.05, 0.1) is 24.8 Å². The van der Waals surface area contributed by atoms with Gasteiger partial charge in [-0.05, 0) is 80.4 Å². The van der Waals surface area contributed by atoms with Crippen molar-refractivity contribution in [1.82, 2.24) is 10.2 Å². The monoisotopic (exact) mass is 695 g/mol. The van der Waals surface area contributed by atoms with Gasteiger partial charge in [0.25, 0.3) is 10.0 Å². The highest BCUT2D eigenvalue weighted by Crippen LogP contribution is 2.32. The maximum atomic E-state index is 14.6. The first-order valence-electron chi connectivity index (χ1n) is 15.1. The van der Waals surface area contributed by atoms with Crippen LogP contribution in [0, 0.1) is 5.82 Å². The molecule has 0 aliphatic heterocycles. The molecule has 0 aromatic heterocycles. The number of carbonyl (C=O) groups excluding carboxylic acids is 2. The number of benzene rings is 4. The summed E-state index contributed by atoms with van der Waals surface area (Å²) in [5.41, 5.74) is 0.891. The van der Waals surface area contributed by atoms with Crippen molar-refractivity contribution < 1.29 is 31.9 Å². The van der Waals surface area contributed by atoms with E-state index in [4.69, 9.17) is 21.1 Å². The molecule has 0 spiro atoms. The van der Waals surface area contributed by atoms with Gasteiger partial charge in [0.1, 0.15) is 18.4 Å². The summed E-state index contributed by atoms with van der Waals surface area (Å²) in [5, 5.41) is 3.48. The van der Waals surface area contributed by atoms with Crippen molar-refractivity contribution in [3.05, 3.63) is 119 Å². The molecular weight excluding hydrogens is 657 g/mol. The molecule has 0 saturated carbocycles. The van der Waals surface area contributed by atoms with Crippen LogP contribution in [0.15, 0.2) is 102 Å². The SMILES string of the molecule is COc1ccc(S(=O)(=O)N(CC(=O)N(Cc2ccc(Cl)cc2)C(Cc2ccccc2)C(=O)NC(C)(C)C)c2ccc(F)cc2)cc1OC. The Kier molecular flexibility index (Phi) is 11.7. The minimum Gasteiger partial charge on any atom is -0.493 e. The van der Waals surface area contributed by atoms with E-state index < -0.39 is 45.8 Å². The van der Waals surface area contributed by atoms with E-state index in [2.05, 4.69) is 5.32 Å². The zero-order valence-corrected chi connectivity index (χ0v) is 29.0. The number of nitrogens with zero attached hydrogens (tertiary/aromatic N) is 2. The Labute approximate surface area is 286 Å². The lowest BCUT2D eigenvalue weighted by molar-refractivity contribution is -0.140. The van der Waals surface area contributed by atoms with Crippen molar-refractivity contribution in [1.29, 1.82) is 0 Å². The fourth-order valence-corrected chi connectivity index (χ4v) is 6.59. The van der Waals surface area contributed by atoms with E-state index in [-0.39, 0.29) is 29.3 Å². The van der Waals surface area contributed by atoms with Crippen molar-refractivity contribution >= 4 is 39.1 Å². The molecule has 0 fully saturated rings. The maximum absolute atomic E-state index is 14.6. The topological polar surface area (TPSA) is 105 Å². The second kappa shape index (κ2) is 15.5. The lowest BCUT2D eigenvalue weighted by Gasteiger charge is -2.35. The van der Waals surface area contributed by atoms with E-state index in [9.17, 15) is 22.4 Å². The fourth-order valence-electron chi connectivity index (χ4n) is 5.03. The van der Waals surface area contributed by atoms with Gasteiger partial charge in [-0.3, -0.25) is 13.9 Å². The molecule has 1 N–H and O–H groups in total. The first-order chi connectivity index (χ1) is 22.7. The molecule has 48 heavy (non-hydrogen) atoms. The summed E-state index contributed by atoms with van der Waals surface area (Å²) < 4.78 is 54.1. The number of hydrogen-bond acceptors (Lipinski definition) is 6. The quantitative estimate of drug-likeness (QED) is 0.177. The lowest BCUT2D eigenvalue weighted by Crippen LogP contribution is -2.56. The Bertz CT molecular complexity index is 1820. The molecule has 254 valence electrons. The Hall–Kier alpha value is -4.61. The van der Waals surface area contributed by atoms with Gasteiger partial charge in [-0.25, -0.2) is 12.8 Å². The van der Waals surface area contributed by atoms with Gasteiger partial charge in [-0.1, -0.05) is 54.1 Å². The highest BCUT2D eigenvalue weighted by molar-refractivity contribution is 7.92. The number of hydrogen-bond donors (Lipinski definition) is 1. The van der Waals surface area contributed by atoms with Gasteiger partial charge in [-0.2, -0.15) is 0 Å². The van der Waals surface area contributed by atoms with E-state index in [0.717, 1.165) is 22.0 Å². The van der Waals surface area contributed by atoms with E-state index in [1.165, 1.54) is 49.5 Å². The average molecular weight is 696 g/mol.